The molecule has 4 heteroatoms. The van der Waals surface area contributed by atoms with Gasteiger partial charge in [-0.05, 0) is 61.9 Å². The van der Waals surface area contributed by atoms with Crippen LogP contribution in [0, 0.1) is 19.8 Å². The van der Waals surface area contributed by atoms with Crippen molar-refractivity contribution in [2.75, 3.05) is 23.3 Å². The van der Waals surface area contributed by atoms with Crippen LogP contribution in [0.3, 0.4) is 0 Å². The molecule has 2 heterocycles. The van der Waals surface area contributed by atoms with E-state index in [1.54, 1.807) is 0 Å². The maximum absolute atomic E-state index is 12.4. The van der Waals surface area contributed by atoms with Crippen LogP contribution in [0.4, 0.5) is 11.4 Å². The molecule has 0 spiro atoms. The van der Waals surface area contributed by atoms with Gasteiger partial charge in [0, 0.05) is 18.8 Å². The van der Waals surface area contributed by atoms with Crippen LogP contribution in [-0.4, -0.2) is 24.0 Å². The van der Waals surface area contributed by atoms with Gasteiger partial charge >= 0.3 is 0 Å². The molecule has 1 aliphatic rings. The van der Waals surface area contributed by atoms with Crippen LogP contribution in [0.15, 0.2) is 36.5 Å². The Morgan fingerprint density at radius 2 is 2.08 bits per heavy atom. The molecule has 0 radical (unpaired) electrons. The summed E-state index contributed by atoms with van der Waals surface area (Å²) >= 11 is 0. The van der Waals surface area contributed by atoms with Crippen LogP contribution in [0.5, 0.6) is 0 Å². The van der Waals surface area contributed by atoms with Gasteiger partial charge in [-0.1, -0.05) is 19.1 Å². The number of pyridine rings is 1. The van der Waals surface area contributed by atoms with Crippen molar-refractivity contribution in [3.63, 3.8) is 0 Å². The molecule has 3 rings (SSSR count). The molecule has 126 valence electrons. The number of benzene rings is 1. The highest BCUT2D eigenvalue weighted by atomic mass is 16.1. The van der Waals surface area contributed by atoms with Gasteiger partial charge in [0.05, 0.1) is 11.9 Å². The molecule has 1 aromatic heterocycles. The number of nitrogens with zero attached hydrogens (tertiary/aromatic N) is 2. The third-order valence-electron chi connectivity index (χ3n) is 4.86. The molecule has 1 amide bonds. The topological polar surface area (TPSA) is 45.2 Å². The summed E-state index contributed by atoms with van der Waals surface area (Å²) in [5.74, 6) is 0.549. The predicted molar refractivity (Wildman–Crippen MR) is 98.7 cm³/mol. The highest BCUT2D eigenvalue weighted by Gasteiger charge is 2.17. The fourth-order valence-corrected chi connectivity index (χ4v) is 3.20. The number of aromatic nitrogens is 1. The van der Waals surface area contributed by atoms with Crippen molar-refractivity contribution in [1.29, 1.82) is 0 Å². The second-order valence-electron chi connectivity index (χ2n) is 6.80. The molecular weight excluding hydrogens is 298 g/mol. The van der Waals surface area contributed by atoms with Crippen LogP contribution >= 0.6 is 0 Å². The van der Waals surface area contributed by atoms with Gasteiger partial charge in [0.15, 0.2) is 0 Å². The minimum absolute atomic E-state index is 0.165. The Labute approximate surface area is 143 Å². The molecule has 0 saturated carbocycles. The summed E-state index contributed by atoms with van der Waals surface area (Å²) in [6, 6.07) is 9.73. The van der Waals surface area contributed by atoms with Gasteiger partial charge < -0.3 is 10.2 Å². The van der Waals surface area contributed by atoms with Crippen LogP contribution in [0.25, 0.3) is 0 Å². The molecule has 1 saturated heterocycles. The zero-order chi connectivity index (χ0) is 17.1. The summed E-state index contributed by atoms with van der Waals surface area (Å²) in [7, 11) is 0. The number of nitrogens with one attached hydrogen (secondary N) is 1. The first-order chi connectivity index (χ1) is 11.5. The lowest BCUT2D eigenvalue weighted by molar-refractivity contribution is 0.102. The number of piperidine rings is 1. The molecule has 2 aromatic rings. The van der Waals surface area contributed by atoms with Crippen LogP contribution in [-0.2, 0) is 0 Å². The second kappa shape index (κ2) is 7.04. The molecule has 0 aliphatic carbocycles. The molecule has 1 aromatic carbocycles. The Morgan fingerprint density at radius 1 is 1.25 bits per heavy atom. The van der Waals surface area contributed by atoms with E-state index in [1.807, 2.05) is 50.4 Å². The van der Waals surface area contributed by atoms with E-state index in [-0.39, 0.29) is 5.91 Å². The first-order valence-corrected chi connectivity index (χ1v) is 8.63. The van der Waals surface area contributed by atoms with E-state index in [0.29, 0.717) is 11.6 Å². The fraction of sp³-hybridized carbons (Fsp3) is 0.400. The van der Waals surface area contributed by atoms with E-state index < -0.39 is 0 Å². The number of rotatable bonds is 3. The van der Waals surface area contributed by atoms with Crippen molar-refractivity contribution in [3.8, 4) is 0 Å². The van der Waals surface area contributed by atoms with Crippen LogP contribution in [0.2, 0.25) is 0 Å². The highest BCUT2D eigenvalue weighted by Crippen LogP contribution is 2.23. The Hall–Kier alpha value is -2.36. The third-order valence-corrected chi connectivity index (χ3v) is 4.86. The van der Waals surface area contributed by atoms with Gasteiger partial charge in [-0.25, -0.2) is 4.98 Å². The molecular formula is C20H25N3O. The van der Waals surface area contributed by atoms with E-state index in [2.05, 4.69) is 22.1 Å². The van der Waals surface area contributed by atoms with Crippen molar-refractivity contribution in [2.24, 2.45) is 5.92 Å². The summed E-state index contributed by atoms with van der Waals surface area (Å²) in [6.07, 6.45) is 4.33. The monoisotopic (exact) mass is 323 g/mol. The normalized spacial score (nSPS) is 17.6. The molecule has 0 bridgehead atoms. The maximum atomic E-state index is 12.4. The van der Waals surface area contributed by atoms with E-state index in [9.17, 15) is 4.79 Å². The first kappa shape index (κ1) is 16.5. The Bertz CT molecular complexity index is 724. The summed E-state index contributed by atoms with van der Waals surface area (Å²) in [5, 5.41) is 2.96. The van der Waals surface area contributed by atoms with Crippen molar-refractivity contribution in [1.82, 2.24) is 4.98 Å². The van der Waals surface area contributed by atoms with Gasteiger partial charge in [-0.2, -0.15) is 0 Å². The molecule has 1 N–H and O–H groups in total. The molecule has 1 unspecified atom stereocenters. The number of amides is 1. The van der Waals surface area contributed by atoms with Crippen molar-refractivity contribution in [2.45, 2.75) is 33.6 Å². The standard InChI is InChI=1S/C20H25N3O/c1-14-6-5-11-23(13-14)17-9-10-19(21-12-17)20(24)22-18-8-4-7-15(2)16(18)3/h4,7-10,12,14H,5-6,11,13H2,1-3H3,(H,22,24). The molecule has 1 aliphatic heterocycles. The lowest BCUT2D eigenvalue weighted by Gasteiger charge is -2.32. The van der Waals surface area contributed by atoms with E-state index in [4.69, 9.17) is 0 Å². The van der Waals surface area contributed by atoms with Crippen molar-refractivity contribution in [3.05, 3.63) is 53.3 Å². The number of hydrogen-bond donors (Lipinski definition) is 1. The van der Waals surface area contributed by atoms with Crippen molar-refractivity contribution < 1.29 is 4.79 Å². The number of aryl methyl sites for hydroxylation is 1. The average Bonchev–Trinajstić information content (AvgIpc) is 2.59. The first-order valence-electron chi connectivity index (χ1n) is 8.63. The third kappa shape index (κ3) is 3.58. The SMILES string of the molecule is Cc1cccc(NC(=O)c2ccc(N3CCCC(C)C3)cn2)c1C. The number of carbonyl (C=O) groups excluding carboxylic acids is 1. The van der Waals surface area contributed by atoms with Crippen LogP contribution < -0.4 is 10.2 Å². The van der Waals surface area contributed by atoms with Gasteiger partial charge in [-0.15, -0.1) is 0 Å². The zero-order valence-electron chi connectivity index (χ0n) is 14.7. The molecule has 4 nitrogen and oxygen atoms in total. The Balaban J connectivity index is 1.71. The average molecular weight is 323 g/mol. The van der Waals surface area contributed by atoms with E-state index in [0.717, 1.165) is 35.6 Å². The summed E-state index contributed by atoms with van der Waals surface area (Å²) in [5.41, 5.74) is 4.64. The smallest absolute Gasteiger partial charge is 0.274 e. The summed E-state index contributed by atoms with van der Waals surface area (Å²) < 4.78 is 0. The predicted octanol–water partition coefficient (Wildman–Crippen LogP) is 4.19. The van der Waals surface area contributed by atoms with Crippen molar-refractivity contribution >= 4 is 17.3 Å². The van der Waals surface area contributed by atoms with Gasteiger partial charge in [0.1, 0.15) is 5.69 Å². The highest BCUT2D eigenvalue weighted by molar-refractivity contribution is 6.03. The summed E-state index contributed by atoms with van der Waals surface area (Å²) in [4.78, 5) is 19.2. The largest absolute Gasteiger partial charge is 0.370 e. The Kier molecular flexibility index (Phi) is 4.84. The lowest BCUT2D eigenvalue weighted by Crippen LogP contribution is -2.34. The lowest BCUT2D eigenvalue weighted by atomic mass is 10.00. The minimum atomic E-state index is -0.165. The second-order valence-corrected chi connectivity index (χ2v) is 6.80. The van der Waals surface area contributed by atoms with E-state index >= 15 is 0 Å². The van der Waals surface area contributed by atoms with E-state index in [1.165, 1.54) is 12.8 Å². The molecule has 24 heavy (non-hydrogen) atoms. The van der Waals surface area contributed by atoms with Crippen LogP contribution in [0.1, 0.15) is 41.4 Å². The molecule has 1 fully saturated rings. The maximum Gasteiger partial charge on any atom is 0.274 e. The number of hydrogen-bond acceptors (Lipinski definition) is 3. The number of carbonyl (C=O) groups is 1. The number of anilines is 2. The van der Waals surface area contributed by atoms with Gasteiger partial charge in [0.25, 0.3) is 5.91 Å². The quantitative estimate of drug-likeness (QED) is 0.921. The fourth-order valence-electron chi connectivity index (χ4n) is 3.20. The Morgan fingerprint density at radius 3 is 2.79 bits per heavy atom. The minimum Gasteiger partial charge on any atom is -0.370 e. The summed E-state index contributed by atoms with van der Waals surface area (Å²) in [6.45, 7) is 8.47. The van der Waals surface area contributed by atoms with Gasteiger partial charge in [0.2, 0.25) is 0 Å². The molecule has 1 atom stereocenters. The van der Waals surface area contributed by atoms with Gasteiger partial charge in [-0.3, -0.25) is 4.79 Å². The zero-order valence-corrected chi connectivity index (χ0v) is 14.7.